The van der Waals surface area contributed by atoms with E-state index in [4.69, 9.17) is 14.2 Å². The summed E-state index contributed by atoms with van der Waals surface area (Å²) in [6, 6.07) is 3.26. The van der Waals surface area contributed by atoms with E-state index in [-0.39, 0.29) is 24.6 Å². The molecule has 9 heteroatoms. The zero-order chi connectivity index (χ0) is 21.0. The van der Waals surface area contributed by atoms with Gasteiger partial charge in [0, 0.05) is 19.2 Å². The average Bonchev–Trinajstić information content (AvgIpc) is 2.71. The number of hydrogen-bond donors (Lipinski definition) is 1. The van der Waals surface area contributed by atoms with Gasteiger partial charge in [-0.1, -0.05) is 0 Å². The fourth-order valence-electron chi connectivity index (χ4n) is 3.59. The van der Waals surface area contributed by atoms with Gasteiger partial charge in [-0.2, -0.15) is 0 Å². The van der Waals surface area contributed by atoms with Gasteiger partial charge in [-0.3, -0.25) is 19.1 Å². The van der Waals surface area contributed by atoms with Crippen LogP contribution in [0.5, 0.6) is 11.5 Å². The number of hydrogen-bond acceptors (Lipinski definition) is 8. The summed E-state index contributed by atoms with van der Waals surface area (Å²) in [7, 11) is 3.03. The molecule has 1 N–H and O–H groups in total. The molecule has 1 aromatic heterocycles. The van der Waals surface area contributed by atoms with Crippen LogP contribution in [-0.2, 0) is 16.1 Å². The quantitative estimate of drug-likeness (QED) is 0.675. The van der Waals surface area contributed by atoms with Crippen molar-refractivity contribution in [3.63, 3.8) is 0 Å². The van der Waals surface area contributed by atoms with Crippen LogP contribution in [0.4, 0.5) is 0 Å². The highest BCUT2D eigenvalue weighted by Gasteiger charge is 2.33. The Kier molecular flexibility index (Phi) is 6.39. The molecule has 1 fully saturated rings. The van der Waals surface area contributed by atoms with Crippen molar-refractivity contribution in [2.75, 3.05) is 40.5 Å². The highest BCUT2D eigenvalue weighted by Crippen LogP contribution is 2.30. The molecule has 0 bridgehead atoms. The lowest BCUT2D eigenvalue weighted by molar-refractivity contribution is -0.145. The lowest BCUT2D eigenvalue weighted by Crippen LogP contribution is -2.49. The van der Waals surface area contributed by atoms with E-state index in [0.717, 1.165) is 0 Å². The summed E-state index contributed by atoms with van der Waals surface area (Å²) in [4.78, 5) is 30.9. The van der Waals surface area contributed by atoms with Crippen LogP contribution in [0.25, 0.3) is 10.9 Å². The number of benzene rings is 1. The van der Waals surface area contributed by atoms with Crippen molar-refractivity contribution in [3.8, 4) is 11.5 Å². The van der Waals surface area contributed by atoms with Crippen molar-refractivity contribution in [2.45, 2.75) is 31.9 Å². The number of likely N-dealkylation sites (tertiary alicyclic amines) is 1. The van der Waals surface area contributed by atoms with E-state index in [1.807, 2.05) is 4.90 Å². The number of piperidine rings is 1. The maximum absolute atomic E-state index is 12.9. The average molecular weight is 405 g/mol. The molecular formula is C20H27N3O6. The Bertz CT molecular complexity index is 934. The summed E-state index contributed by atoms with van der Waals surface area (Å²) < 4.78 is 16.9. The molecule has 9 nitrogen and oxygen atoms in total. The smallest absolute Gasteiger partial charge is 0.320 e. The standard InChI is InChI=1S/C20H27N3O6/c1-4-29-18(24)11-22-7-5-20(26,6-8-22)12-23-13-21-15-10-17(28-3)16(27-2)9-14(15)19(23)25/h9-10,13,26H,4-8,11-12H2,1-3H3. The molecule has 1 aliphatic rings. The zero-order valence-corrected chi connectivity index (χ0v) is 17.0. The van der Waals surface area contributed by atoms with E-state index in [2.05, 4.69) is 4.98 Å². The Morgan fingerprint density at radius 2 is 1.86 bits per heavy atom. The van der Waals surface area contributed by atoms with Crippen LogP contribution < -0.4 is 15.0 Å². The van der Waals surface area contributed by atoms with Gasteiger partial charge in [-0.25, -0.2) is 4.98 Å². The van der Waals surface area contributed by atoms with Crippen molar-refractivity contribution in [2.24, 2.45) is 0 Å². The van der Waals surface area contributed by atoms with Crippen LogP contribution in [-0.4, -0.2) is 71.6 Å². The molecule has 1 saturated heterocycles. The molecule has 2 heterocycles. The SMILES string of the molecule is CCOC(=O)CN1CCC(O)(Cn2cnc3cc(OC)c(OC)cc3c2=O)CC1. The number of ether oxygens (including phenoxy) is 3. The number of fused-ring (bicyclic) bond motifs is 1. The van der Waals surface area contributed by atoms with Crippen LogP contribution >= 0.6 is 0 Å². The van der Waals surface area contributed by atoms with E-state index >= 15 is 0 Å². The number of carbonyl (C=O) groups excluding carboxylic acids is 1. The molecule has 0 atom stereocenters. The summed E-state index contributed by atoms with van der Waals surface area (Å²) in [6.45, 7) is 3.57. The molecule has 0 unspecified atom stereocenters. The van der Waals surface area contributed by atoms with Gasteiger partial charge in [0.05, 0.1) is 56.7 Å². The van der Waals surface area contributed by atoms with Gasteiger partial charge in [0.2, 0.25) is 0 Å². The summed E-state index contributed by atoms with van der Waals surface area (Å²) in [5.74, 6) is 0.678. The van der Waals surface area contributed by atoms with Gasteiger partial charge < -0.3 is 19.3 Å². The van der Waals surface area contributed by atoms with Crippen molar-refractivity contribution in [1.29, 1.82) is 0 Å². The number of aromatic nitrogens is 2. The molecule has 0 aliphatic carbocycles. The first kappa shape index (κ1) is 21.1. The Morgan fingerprint density at radius 1 is 1.21 bits per heavy atom. The molecular weight excluding hydrogens is 378 g/mol. The second kappa shape index (κ2) is 8.79. The lowest BCUT2D eigenvalue weighted by Gasteiger charge is -2.37. The minimum atomic E-state index is -1.04. The summed E-state index contributed by atoms with van der Waals surface area (Å²) in [5.41, 5.74) is -0.792. The number of carbonyl (C=O) groups is 1. The second-order valence-electron chi connectivity index (χ2n) is 7.21. The maximum atomic E-state index is 12.9. The largest absolute Gasteiger partial charge is 0.493 e. The number of esters is 1. The molecule has 0 saturated carbocycles. The first-order valence-corrected chi connectivity index (χ1v) is 9.60. The molecule has 1 aliphatic heterocycles. The van der Waals surface area contributed by atoms with E-state index in [1.165, 1.54) is 25.1 Å². The molecule has 1 aromatic carbocycles. The van der Waals surface area contributed by atoms with Gasteiger partial charge in [0.15, 0.2) is 11.5 Å². The highest BCUT2D eigenvalue weighted by atomic mass is 16.5. The van der Waals surface area contributed by atoms with Crippen LogP contribution in [0.15, 0.2) is 23.3 Å². The van der Waals surface area contributed by atoms with Crippen LogP contribution in [0.1, 0.15) is 19.8 Å². The van der Waals surface area contributed by atoms with Gasteiger partial charge >= 0.3 is 5.97 Å². The number of nitrogens with zero attached hydrogens (tertiary/aromatic N) is 3. The van der Waals surface area contributed by atoms with Crippen LogP contribution in [0.3, 0.4) is 0 Å². The van der Waals surface area contributed by atoms with E-state index in [0.29, 0.717) is 54.9 Å². The predicted octanol–water partition coefficient (Wildman–Crippen LogP) is 0.804. The van der Waals surface area contributed by atoms with E-state index < -0.39 is 5.60 Å². The third-order valence-corrected chi connectivity index (χ3v) is 5.24. The molecule has 0 spiro atoms. The molecule has 29 heavy (non-hydrogen) atoms. The Balaban J connectivity index is 1.75. The highest BCUT2D eigenvalue weighted by molar-refractivity contribution is 5.81. The van der Waals surface area contributed by atoms with E-state index in [1.54, 1.807) is 19.1 Å². The minimum absolute atomic E-state index is 0.135. The van der Waals surface area contributed by atoms with Crippen molar-refractivity contribution < 1.29 is 24.1 Å². The normalized spacial score (nSPS) is 16.6. The minimum Gasteiger partial charge on any atom is -0.493 e. The predicted molar refractivity (Wildman–Crippen MR) is 106 cm³/mol. The third-order valence-electron chi connectivity index (χ3n) is 5.24. The summed E-state index contributed by atoms with van der Waals surface area (Å²) >= 11 is 0. The number of aliphatic hydroxyl groups is 1. The topological polar surface area (TPSA) is 103 Å². The Hall–Kier alpha value is -2.65. The van der Waals surface area contributed by atoms with Gasteiger partial charge in [-0.15, -0.1) is 0 Å². The zero-order valence-electron chi connectivity index (χ0n) is 17.0. The lowest BCUT2D eigenvalue weighted by atomic mass is 9.91. The molecule has 0 radical (unpaired) electrons. The Labute approximate surface area is 168 Å². The summed E-state index contributed by atoms with van der Waals surface area (Å²) in [5, 5.41) is 11.4. The fraction of sp³-hybridized carbons (Fsp3) is 0.550. The maximum Gasteiger partial charge on any atom is 0.320 e. The summed E-state index contributed by atoms with van der Waals surface area (Å²) in [6.07, 6.45) is 2.34. The third kappa shape index (κ3) is 4.68. The molecule has 3 rings (SSSR count). The van der Waals surface area contributed by atoms with Gasteiger partial charge in [0.1, 0.15) is 0 Å². The van der Waals surface area contributed by atoms with E-state index in [9.17, 15) is 14.7 Å². The van der Waals surface area contributed by atoms with Crippen molar-refractivity contribution in [1.82, 2.24) is 14.5 Å². The molecule has 2 aromatic rings. The molecule has 0 amide bonds. The monoisotopic (exact) mass is 405 g/mol. The number of methoxy groups -OCH3 is 2. The molecule has 158 valence electrons. The van der Waals surface area contributed by atoms with Crippen molar-refractivity contribution >= 4 is 16.9 Å². The van der Waals surface area contributed by atoms with Gasteiger partial charge in [-0.05, 0) is 25.8 Å². The number of rotatable bonds is 7. The Morgan fingerprint density at radius 3 is 2.48 bits per heavy atom. The first-order valence-electron chi connectivity index (χ1n) is 9.60. The van der Waals surface area contributed by atoms with Gasteiger partial charge in [0.25, 0.3) is 5.56 Å². The fourth-order valence-corrected chi connectivity index (χ4v) is 3.59. The second-order valence-corrected chi connectivity index (χ2v) is 7.21. The first-order chi connectivity index (χ1) is 13.9. The van der Waals surface area contributed by atoms with Crippen molar-refractivity contribution in [3.05, 3.63) is 28.8 Å². The van der Waals surface area contributed by atoms with Crippen LogP contribution in [0.2, 0.25) is 0 Å². The van der Waals surface area contributed by atoms with Crippen LogP contribution in [0, 0.1) is 0 Å².